The smallest absolute Gasteiger partial charge is 0.236 e. The van der Waals surface area contributed by atoms with E-state index in [9.17, 15) is 4.80 Å². The summed E-state index contributed by atoms with van der Waals surface area (Å²) in [6.07, 6.45) is 1.08. The number of hydrogen-bond acceptors (Lipinski definition) is 0. The van der Waals surface area contributed by atoms with Gasteiger partial charge in [-0.25, -0.2) is 0 Å². The van der Waals surface area contributed by atoms with Gasteiger partial charge in [0.05, 0.1) is 0 Å². The lowest BCUT2D eigenvalue weighted by Gasteiger charge is -2.16. The summed E-state index contributed by atoms with van der Waals surface area (Å²) in [5.41, 5.74) is 0. The molecule has 0 aromatic heterocycles. The van der Waals surface area contributed by atoms with Gasteiger partial charge in [-0.3, -0.25) is 4.80 Å². The highest BCUT2D eigenvalue weighted by Crippen LogP contribution is 2.18. The molecule has 2 heteroatoms. The van der Waals surface area contributed by atoms with E-state index in [0.717, 1.165) is 24.6 Å². The second kappa shape index (κ2) is 4.07. The van der Waals surface area contributed by atoms with Gasteiger partial charge in [0.2, 0.25) is 8.32 Å². The molecule has 1 radical (unpaired) electrons. The Kier molecular flexibility index (Phi) is 4.15. The van der Waals surface area contributed by atoms with Gasteiger partial charge in [-0.1, -0.05) is 27.2 Å². The van der Waals surface area contributed by atoms with E-state index in [1.165, 1.54) is 0 Å². The zero-order valence-electron chi connectivity index (χ0n) is 6.74. The first-order chi connectivity index (χ1) is 4.18. The molecule has 55 valence electrons. The van der Waals surface area contributed by atoms with Gasteiger partial charge in [0.1, 0.15) is 0 Å². The molecule has 0 aliphatic rings. The normalized spacial score (nSPS) is 12.0. The van der Waals surface area contributed by atoms with E-state index < -0.39 is 8.32 Å². The molecule has 0 saturated carbocycles. The quantitative estimate of drug-likeness (QED) is 0.542. The predicted octanol–water partition coefficient (Wildman–Crippen LogP) is 2.81. The second-order valence-electron chi connectivity index (χ2n) is 2.64. The van der Waals surface area contributed by atoms with E-state index in [1.807, 2.05) is 13.8 Å². The summed E-state index contributed by atoms with van der Waals surface area (Å²) >= 11 is 0. The van der Waals surface area contributed by atoms with E-state index in [0.29, 0.717) is 0 Å². The predicted molar refractivity (Wildman–Crippen MR) is 42.5 cm³/mol. The Morgan fingerprint density at radius 2 is 1.56 bits per heavy atom. The van der Waals surface area contributed by atoms with Crippen molar-refractivity contribution < 1.29 is 4.80 Å². The Morgan fingerprint density at radius 1 is 1.11 bits per heavy atom. The maximum atomic E-state index is 11.6. The molecule has 0 aliphatic carbocycles. The van der Waals surface area contributed by atoms with Crippen LogP contribution in [0.15, 0.2) is 0 Å². The average molecular weight is 145 g/mol. The highest BCUT2D eigenvalue weighted by atomic mass is 28.4. The van der Waals surface area contributed by atoms with Crippen molar-refractivity contribution in [1.82, 2.24) is 0 Å². The summed E-state index contributed by atoms with van der Waals surface area (Å²) in [5.74, 6) is 0. The molecular formula is C7H17OSi. The molecule has 1 nitrogen and oxygen atoms in total. The molecule has 0 saturated heterocycles. The molecule has 0 aliphatic heterocycles. The van der Waals surface area contributed by atoms with Gasteiger partial charge < -0.3 is 0 Å². The van der Waals surface area contributed by atoms with Gasteiger partial charge in [-0.05, 0) is 18.1 Å². The van der Waals surface area contributed by atoms with E-state index in [4.69, 9.17) is 0 Å². The van der Waals surface area contributed by atoms with Gasteiger partial charge in [0, 0.05) is 0 Å². The van der Waals surface area contributed by atoms with Gasteiger partial charge in [-0.2, -0.15) is 0 Å². The highest BCUT2D eigenvalue weighted by molar-refractivity contribution is 6.71. The lowest BCUT2D eigenvalue weighted by Crippen LogP contribution is -2.29. The van der Waals surface area contributed by atoms with Crippen molar-refractivity contribution in [3.05, 3.63) is 0 Å². The van der Waals surface area contributed by atoms with Crippen LogP contribution in [0.5, 0.6) is 0 Å². The Morgan fingerprint density at radius 3 is 1.67 bits per heavy atom. The fourth-order valence-corrected chi connectivity index (χ4v) is 3.18. The molecule has 0 atom stereocenters. The summed E-state index contributed by atoms with van der Waals surface area (Å²) in [7, 11) is -1.95. The van der Waals surface area contributed by atoms with Gasteiger partial charge in [-0.15, -0.1) is 0 Å². The van der Waals surface area contributed by atoms with E-state index in [2.05, 4.69) is 6.92 Å². The molecule has 0 amide bonds. The van der Waals surface area contributed by atoms with Crippen molar-refractivity contribution in [3.8, 4) is 0 Å². The monoisotopic (exact) mass is 145 g/mol. The Hall–Kier alpha value is 0.177. The first kappa shape index (κ1) is 9.18. The Bertz CT molecular complexity index is 69.3. The molecule has 0 rings (SSSR count). The summed E-state index contributed by atoms with van der Waals surface area (Å²) in [6, 6.07) is 2.80. The topological polar surface area (TPSA) is 19.9 Å². The fourth-order valence-electron chi connectivity index (χ4n) is 1.06. The third kappa shape index (κ3) is 3.01. The minimum absolute atomic E-state index is 0.914. The van der Waals surface area contributed by atoms with E-state index in [1.54, 1.807) is 0 Å². The Labute approximate surface area is 59.2 Å². The molecule has 0 aromatic rings. The van der Waals surface area contributed by atoms with Crippen LogP contribution >= 0.6 is 0 Å². The van der Waals surface area contributed by atoms with Crippen LogP contribution < -0.4 is 0 Å². The lowest BCUT2D eigenvalue weighted by atomic mass is 10.6. The van der Waals surface area contributed by atoms with Crippen LogP contribution in [-0.2, 0) is 4.80 Å². The van der Waals surface area contributed by atoms with Crippen LogP contribution in [0.2, 0.25) is 18.1 Å². The molecule has 0 aromatic carbocycles. The number of rotatable bonds is 4. The molecular weight excluding hydrogens is 128 g/mol. The first-order valence-electron chi connectivity index (χ1n) is 3.89. The van der Waals surface area contributed by atoms with Gasteiger partial charge in [0.15, 0.2) is 0 Å². The number of hydrogen-bond donors (Lipinski definition) is 0. The summed E-state index contributed by atoms with van der Waals surface area (Å²) < 4.78 is 0. The molecule has 0 heterocycles. The summed E-state index contributed by atoms with van der Waals surface area (Å²) in [6.45, 7) is 6.18. The van der Waals surface area contributed by atoms with Crippen LogP contribution in [0.3, 0.4) is 0 Å². The minimum atomic E-state index is -1.95. The average Bonchev–Trinajstić information content (AvgIpc) is 1.89. The summed E-state index contributed by atoms with van der Waals surface area (Å²) in [4.78, 5) is 11.6. The van der Waals surface area contributed by atoms with Crippen LogP contribution in [0.25, 0.3) is 0 Å². The third-order valence-corrected chi connectivity index (χ3v) is 5.98. The Balaban J connectivity index is 3.62. The van der Waals surface area contributed by atoms with Crippen molar-refractivity contribution in [2.24, 2.45) is 0 Å². The van der Waals surface area contributed by atoms with Crippen molar-refractivity contribution in [2.45, 2.75) is 45.3 Å². The van der Waals surface area contributed by atoms with Crippen LogP contribution in [0, 0.1) is 0 Å². The molecule has 0 N–H and O–H groups in total. The van der Waals surface area contributed by atoms with Crippen molar-refractivity contribution in [1.29, 1.82) is 0 Å². The van der Waals surface area contributed by atoms with Crippen molar-refractivity contribution in [2.75, 3.05) is 0 Å². The standard InChI is InChI=1S/C7H17OSi/c1-4-7-9(8,5-2)6-3/h4-7H2,1-3H3. The molecule has 0 unspecified atom stereocenters. The van der Waals surface area contributed by atoms with Crippen LogP contribution in [0.4, 0.5) is 0 Å². The van der Waals surface area contributed by atoms with Crippen LogP contribution in [0.1, 0.15) is 27.2 Å². The van der Waals surface area contributed by atoms with Gasteiger partial charge >= 0.3 is 0 Å². The van der Waals surface area contributed by atoms with Gasteiger partial charge in [0.25, 0.3) is 0 Å². The minimum Gasteiger partial charge on any atom is -0.297 e. The maximum absolute atomic E-state index is 11.6. The van der Waals surface area contributed by atoms with E-state index in [-0.39, 0.29) is 0 Å². The molecule has 0 bridgehead atoms. The maximum Gasteiger partial charge on any atom is 0.236 e. The second-order valence-corrected chi connectivity index (χ2v) is 6.92. The SMILES string of the molecule is CCC[Si]([O])(CC)CC. The summed E-state index contributed by atoms with van der Waals surface area (Å²) in [5, 5.41) is 0. The fraction of sp³-hybridized carbons (Fsp3) is 1.00. The zero-order chi connectivity index (χ0) is 7.33. The van der Waals surface area contributed by atoms with E-state index >= 15 is 0 Å². The van der Waals surface area contributed by atoms with Crippen LogP contribution in [-0.4, -0.2) is 8.32 Å². The first-order valence-corrected chi connectivity index (χ1v) is 6.42. The zero-order valence-corrected chi connectivity index (χ0v) is 7.74. The highest BCUT2D eigenvalue weighted by Gasteiger charge is 2.27. The van der Waals surface area contributed by atoms with Crippen molar-refractivity contribution in [3.63, 3.8) is 0 Å². The largest absolute Gasteiger partial charge is 0.297 e. The lowest BCUT2D eigenvalue weighted by molar-refractivity contribution is 0.412. The molecule has 0 fully saturated rings. The molecule has 9 heavy (non-hydrogen) atoms. The third-order valence-electron chi connectivity index (χ3n) is 1.99. The van der Waals surface area contributed by atoms with Crippen molar-refractivity contribution >= 4 is 8.32 Å². The molecule has 0 spiro atoms.